The summed E-state index contributed by atoms with van der Waals surface area (Å²) in [6, 6.07) is -4.92. The van der Waals surface area contributed by atoms with E-state index in [0.717, 1.165) is 0 Å². The van der Waals surface area contributed by atoms with Crippen molar-refractivity contribution in [2.24, 2.45) is 17.6 Å². The molecule has 35 heavy (non-hydrogen) atoms. The van der Waals surface area contributed by atoms with Crippen LogP contribution in [0.15, 0.2) is 0 Å². The first-order chi connectivity index (χ1) is 16.2. The molecule has 0 aromatic carbocycles. The van der Waals surface area contributed by atoms with Gasteiger partial charge in [0.2, 0.25) is 17.7 Å². The minimum Gasteiger partial charge on any atom is -0.481 e. The molecule has 5 atom stereocenters. The molecule has 0 aliphatic carbocycles. The van der Waals surface area contributed by atoms with E-state index in [4.69, 9.17) is 15.9 Å². The minimum absolute atomic E-state index is 0.101. The predicted molar refractivity (Wildman–Crippen MR) is 124 cm³/mol. The van der Waals surface area contributed by atoms with Crippen LogP contribution in [-0.4, -0.2) is 75.1 Å². The van der Waals surface area contributed by atoms with Gasteiger partial charge in [-0.05, 0) is 31.1 Å². The van der Waals surface area contributed by atoms with E-state index in [1.807, 2.05) is 13.8 Å². The second-order valence-corrected chi connectivity index (χ2v) is 8.93. The molecule has 0 aromatic heterocycles. The topological polar surface area (TPSA) is 225 Å². The maximum absolute atomic E-state index is 13.0. The molecule has 0 rings (SSSR count). The fourth-order valence-electron chi connectivity index (χ4n) is 3.17. The Bertz CT molecular complexity index is 772. The third-order valence-electron chi connectivity index (χ3n) is 5.40. The van der Waals surface area contributed by atoms with Gasteiger partial charge in [0, 0.05) is 12.8 Å². The zero-order chi connectivity index (χ0) is 27.3. The number of amides is 3. The summed E-state index contributed by atoms with van der Waals surface area (Å²) in [6.45, 7) is 7.10. The zero-order valence-corrected chi connectivity index (χ0v) is 20.6. The van der Waals surface area contributed by atoms with E-state index in [2.05, 4.69) is 16.0 Å². The van der Waals surface area contributed by atoms with Gasteiger partial charge in [-0.15, -0.1) is 0 Å². The molecular weight excluding hydrogens is 464 g/mol. The normalized spacial score (nSPS) is 15.3. The summed E-state index contributed by atoms with van der Waals surface area (Å²) < 4.78 is 0. The molecule has 0 radical (unpaired) electrons. The molecule has 13 nitrogen and oxygen atoms in total. The Morgan fingerprint density at radius 2 is 1.23 bits per heavy atom. The minimum atomic E-state index is -1.49. The Kier molecular flexibility index (Phi) is 14.2. The van der Waals surface area contributed by atoms with Gasteiger partial charge >= 0.3 is 17.9 Å². The Morgan fingerprint density at radius 1 is 0.743 bits per heavy atom. The lowest BCUT2D eigenvalue weighted by Crippen LogP contribution is -2.58. The SMILES string of the molecule is CCC(C)C(NC(=O)C(CCC(=O)O)NC(=O)C(N)CC(C)C)C(=O)NC(CCC(=O)O)C(=O)O. The van der Waals surface area contributed by atoms with Crippen LogP contribution in [0.25, 0.3) is 0 Å². The predicted octanol–water partition coefficient (Wildman–Crippen LogP) is -0.325. The van der Waals surface area contributed by atoms with E-state index >= 15 is 0 Å². The van der Waals surface area contributed by atoms with Crippen molar-refractivity contribution >= 4 is 35.6 Å². The average Bonchev–Trinajstić information content (AvgIpc) is 2.75. The number of rotatable bonds is 17. The molecule has 3 amide bonds. The first-order valence-corrected chi connectivity index (χ1v) is 11.5. The van der Waals surface area contributed by atoms with E-state index in [1.165, 1.54) is 0 Å². The van der Waals surface area contributed by atoms with Gasteiger partial charge in [0.1, 0.15) is 18.1 Å². The molecule has 8 N–H and O–H groups in total. The van der Waals surface area contributed by atoms with Gasteiger partial charge < -0.3 is 37.0 Å². The molecule has 0 aromatic rings. The van der Waals surface area contributed by atoms with Gasteiger partial charge in [-0.2, -0.15) is 0 Å². The van der Waals surface area contributed by atoms with Crippen LogP contribution in [-0.2, 0) is 28.8 Å². The molecule has 5 unspecified atom stereocenters. The molecule has 0 aliphatic heterocycles. The van der Waals surface area contributed by atoms with E-state index in [-0.39, 0.29) is 18.8 Å². The Labute approximate surface area is 204 Å². The largest absolute Gasteiger partial charge is 0.481 e. The van der Waals surface area contributed by atoms with Gasteiger partial charge in [-0.3, -0.25) is 24.0 Å². The van der Waals surface area contributed by atoms with Crippen molar-refractivity contribution in [3.63, 3.8) is 0 Å². The van der Waals surface area contributed by atoms with Crippen LogP contribution in [0.1, 0.15) is 66.2 Å². The fourth-order valence-corrected chi connectivity index (χ4v) is 3.17. The Hall–Kier alpha value is -3.22. The van der Waals surface area contributed by atoms with Crippen LogP contribution in [0.5, 0.6) is 0 Å². The molecule has 0 aliphatic rings. The second-order valence-electron chi connectivity index (χ2n) is 8.93. The van der Waals surface area contributed by atoms with Crippen molar-refractivity contribution < 1.29 is 44.1 Å². The maximum atomic E-state index is 13.0. The van der Waals surface area contributed by atoms with Crippen LogP contribution in [0.3, 0.4) is 0 Å². The van der Waals surface area contributed by atoms with Crippen LogP contribution in [0.2, 0.25) is 0 Å². The summed E-state index contributed by atoms with van der Waals surface area (Å²) in [7, 11) is 0. The first-order valence-electron chi connectivity index (χ1n) is 11.5. The van der Waals surface area contributed by atoms with Crippen molar-refractivity contribution in [1.82, 2.24) is 16.0 Å². The van der Waals surface area contributed by atoms with E-state index < -0.39 is 78.6 Å². The van der Waals surface area contributed by atoms with Gasteiger partial charge in [0.25, 0.3) is 0 Å². The lowest BCUT2D eigenvalue weighted by molar-refractivity contribution is -0.143. The molecule has 0 fully saturated rings. The van der Waals surface area contributed by atoms with Crippen molar-refractivity contribution in [3.8, 4) is 0 Å². The molecule has 0 heterocycles. The average molecular weight is 503 g/mol. The van der Waals surface area contributed by atoms with E-state index in [0.29, 0.717) is 12.8 Å². The number of nitrogens with two attached hydrogens (primary N) is 1. The third kappa shape index (κ3) is 12.7. The number of carbonyl (C=O) groups excluding carboxylic acids is 3. The molecule has 0 saturated heterocycles. The number of carboxylic acids is 3. The number of carbonyl (C=O) groups is 6. The Morgan fingerprint density at radius 3 is 1.66 bits per heavy atom. The number of carboxylic acid groups (broad SMARTS) is 3. The molecule has 0 spiro atoms. The van der Waals surface area contributed by atoms with Crippen LogP contribution in [0.4, 0.5) is 0 Å². The summed E-state index contributed by atoms with van der Waals surface area (Å²) in [6.07, 6.45) is -0.790. The van der Waals surface area contributed by atoms with E-state index in [1.54, 1.807) is 13.8 Å². The summed E-state index contributed by atoms with van der Waals surface area (Å²) >= 11 is 0. The number of aliphatic carboxylic acids is 3. The zero-order valence-electron chi connectivity index (χ0n) is 20.6. The highest BCUT2D eigenvalue weighted by Crippen LogP contribution is 2.11. The molecule has 0 bridgehead atoms. The lowest BCUT2D eigenvalue weighted by atomic mass is 9.96. The number of hydrogen-bond acceptors (Lipinski definition) is 7. The Balaban J connectivity index is 5.62. The van der Waals surface area contributed by atoms with Gasteiger partial charge in [0.15, 0.2) is 0 Å². The quantitative estimate of drug-likeness (QED) is 0.137. The lowest BCUT2D eigenvalue weighted by Gasteiger charge is -2.28. The van der Waals surface area contributed by atoms with Gasteiger partial charge in [0.05, 0.1) is 6.04 Å². The molecule has 13 heteroatoms. The van der Waals surface area contributed by atoms with Gasteiger partial charge in [-0.1, -0.05) is 34.1 Å². The van der Waals surface area contributed by atoms with Crippen molar-refractivity contribution in [2.45, 2.75) is 90.4 Å². The molecular formula is C22H38N4O9. The van der Waals surface area contributed by atoms with Crippen LogP contribution >= 0.6 is 0 Å². The smallest absolute Gasteiger partial charge is 0.326 e. The summed E-state index contributed by atoms with van der Waals surface area (Å²) in [5.74, 6) is -6.53. The van der Waals surface area contributed by atoms with Gasteiger partial charge in [-0.25, -0.2) is 4.79 Å². The third-order valence-corrected chi connectivity index (χ3v) is 5.40. The molecule has 0 saturated carbocycles. The van der Waals surface area contributed by atoms with Crippen LogP contribution in [0, 0.1) is 11.8 Å². The van der Waals surface area contributed by atoms with E-state index in [9.17, 15) is 33.9 Å². The number of nitrogens with one attached hydrogen (secondary N) is 3. The summed E-state index contributed by atoms with van der Waals surface area (Å²) in [5.41, 5.74) is 5.85. The first kappa shape index (κ1) is 31.8. The van der Waals surface area contributed by atoms with Crippen molar-refractivity contribution in [2.75, 3.05) is 0 Å². The standard InChI is InChI=1S/C22H38N4O9/c1-5-12(4)18(21(33)25-15(22(34)35)7-9-17(29)30)26-20(32)14(6-8-16(27)28)24-19(31)13(23)10-11(2)3/h11-15,18H,5-10,23H2,1-4H3,(H,24,31)(H,25,33)(H,26,32)(H,27,28)(H,29,30)(H,34,35). The highest BCUT2D eigenvalue weighted by molar-refractivity contribution is 5.94. The molecule has 200 valence electrons. The number of hydrogen-bond donors (Lipinski definition) is 7. The highest BCUT2D eigenvalue weighted by Gasteiger charge is 2.33. The monoisotopic (exact) mass is 502 g/mol. The summed E-state index contributed by atoms with van der Waals surface area (Å²) in [4.78, 5) is 71.5. The second kappa shape index (κ2) is 15.6. The fraction of sp³-hybridized carbons (Fsp3) is 0.727. The maximum Gasteiger partial charge on any atom is 0.326 e. The van der Waals surface area contributed by atoms with Crippen LogP contribution < -0.4 is 21.7 Å². The summed E-state index contributed by atoms with van der Waals surface area (Å²) in [5, 5.41) is 34.3. The highest BCUT2D eigenvalue weighted by atomic mass is 16.4. The van der Waals surface area contributed by atoms with Crippen molar-refractivity contribution in [1.29, 1.82) is 0 Å². The van der Waals surface area contributed by atoms with Crippen molar-refractivity contribution in [3.05, 3.63) is 0 Å².